The molecular formula is C19H15ClFNO3. The van der Waals surface area contributed by atoms with Crippen molar-refractivity contribution in [1.82, 2.24) is 0 Å². The number of nitrogens with zero attached hydrogens (tertiary/aromatic N) is 1. The van der Waals surface area contributed by atoms with Crippen molar-refractivity contribution in [2.24, 2.45) is 4.99 Å². The van der Waals surface area contributed by atoms with E-state index in [4.69, 9.17) is 21.1 Å². The first-order valence-corrected chi connectivity index (χ1v) is 8.03. The highest BCUT2D eigenvalue weighted by Gasteiger charge is 2.23. The zero-order valence-corrected chi connectivity index (χ0v) is 14.2. The van der Waals surface area contributed by atoms with Gasteiger partial charge in [-0.1, -0.05) is 35.9 Å². The third-order valence-electron chi connectivity index (χ3n) is 3.71. The molecule has 2 aromatic rings. The molecule has 6 heteroatoms. The molecule has 4 nitrogen and oxygen atoms in total. The fourth-order valence-corrected chi connectivity index (χ4v) is 2.66. The second-order valence-corrected chi connectivity index (χ2v) is 5.82. The Kier molecular flexibility index (Phi) is 5.14. The zero-order chi connectivity index (χ0) is 17.8. The van der Waals surface area contributed by atoms with Crippen LogP contribution in [0.15, 0.2) is 53.2 Å². The summed E-state index contributed by atoms with van der Waals surface area (Å²) in [4.78, 5) is 16.1. The van der Waals surface area contributed by atoms with Gasteiger partial charge in [-0.3, -0.25) is 0 Å². The first-order valence-electron chi connectivity index (χ1n) is 7.65. The summed E-state index contributed by atoms with van der Waals surface area (Å²) in [5.74, 6) is -0.596. The second kappa shape index (κ2) is 7.49. The maximum atomic E-state index is 13.7. The minimum atomic E-state index is -0.551. The number of aryl methyl sites for hydroxylation is 1. The van der Waals surface area contributed by atoms with E-state index in [0.29, 0.717) is 29.3 Å². The molecule has 0 bridgehead atoms. The lowest BCUT2D eigenvalue weighted by Gasteiger charge is -2.02. The monoisotopic (exact) mass is 359 g/mol. The maximum absolute atomic E-state index is 13.7. The Bertz CT molecular complexity index is 877. The predicted octanol–water partition coefficient (Wildman–Crippen LogP) is 4.42. The molecule has 2 aromatic carbocycles. The molecule has 0 atom stereocenters. The SMILES string of the molecule is COc1ccc(/C=C2/N=C(CCc3ccccc3Cl)OC2=O)cc1F. The smallest absolute Gasteiger partial charge is 0.363 e. The second-order valence-electron chi connectivity index (χ2n) is 5.41. The standard InChI is InChI=1S/C19H15ClFNO3/c1-24-17-8-6-12(10-15(17)21)11-16-19(23)25-18(22-16)9-7-13-4-2-3-5-14(13)20/h2-6,8,10-11H,7,9H2,1H3/b16-11+. The van der Waals surface area contributed by atoms with E-state index in [9.17, 15) is 9.18 Å². The molecule has 25 heavy (non-hydrogen) atoms. The average molecular weight is 360 g/mol. The van der Waals surface area contributed by atoms with Crippen molar-refractivity contribution >= 4 is 29.5 Å². The van der Waals surface area contributed by atoms with Crippen molar-refractivity contribution in [2.75, 3.05) is 7.11 Å². The van der Waals surface area contributed by atoms with E-state index in [-0.39, 0.29) is 11.4 Å². The topological polar surface area (TPSA) is 47.9 Å². The van der Waals surface area contributed by atoms with Gasteiger partial charge in [0.1, 0.15) is 0 Å². The molecule has 0 unspecified atom stereocenters. The van der Waals surface area contributed by atoms with Gasteiger partial charge in [0.15, 0.2) is 23.2 Å². The van der Waals surface area contributed by atoms with E-state index in [1.807, 2.05) is 24.3 Å². The lowest BCUT2D eigenvalue weighted by atomic mass is 10.1. The fraction of sp³-hybridized carbons (Fsp3) is 0.158. The number of rotatable bonds is 5. The molecule has 3 rings (SSSR count). The first kappa shape index (κ1) is 17.2. The number of benzene rings is 2. The number of halogens is 2. The van der Waals surface area contributed by atoms with Gasteiger partial charge in [-0.2, -0.15) is 0 Å². The molecule has 0 fully saturated rings. The molecule has 0 radical (unpaired) electrons. The molecule has 1 heterocycles. The lowest BCUT2D eigenvalue weighted by molar-refractivity contribution is -0.130. The number of esters is 1. The number of carbonyl (C=O) groups excluding carboxylic acids is 1. The Morgan fingerprint density at radius 3 is 2.76 bits per heavy atom. The number of methoxy groups -OCH3 is 1. The quantitative estimate of drug-likeness (QED) is 0.586. The molecule has 1 aliphatic heterocycles. The maximum Gasteiger partial charge on any atom is 0.363 e. The van der Waals surface area contributed by atoms with Gasteiger partial charge in [0.2, 0.25) is 0 Å². The number of cyclic esters (lactones) is 1. The van der Waals surface area contributed by atoms with Gasteiger partial charge < -0.3 is 9.47 Å². The number of ether oxygens (including phenoxy) is 2. The Morgan fingerprint density at radius 2 is 2.04 bits per heavy atom. The van der Waals surface area contributed by atoms with Crippen molar-refractivity contribution in [3.8, 4) is 5.75 Å². The minimum Gasteiger partial charge on any atom is -0.494 e. The Morgan fingerprint density at radius 1 is 1.24 bits per heavy atom. The van der Waals surface area contributed by atoms with E-state index in [1.165, 1.54) is 25.3 Å². The summed E-state index contributed by atoms with van der Waals surface area (Å²) >= 11 is 6.11. The van der Waals surface area contributed by atoms with Crippen LogP contribution in [0.4, 0.5) is 4.39 Å². The molecule has 0 aliphatic carbocycles. The van der Waals surface area contributed by atoms with E-state index in [0.717, 1.165) is 5.56 Å². The van der Waals surface area contributed by atoms with Gasteiger partial charge in [-0.15, -0.1) is 0 Å². The van der Waals surface area contributed by atoms with Gasteiger partial charge >= 0.3 is 5.97 Å². The van der Waals surface area contributed by atoms with Gasteiger partial charge in [0.05, 0.1) is 7.11 Å². The highest BCUT2D eigenvalue weighted by atomic mass is 35.5. The van der Waals surface area contributed by atoms with Crippen molar-refractivity contribution < 1.29 is 18.7 Å². The van der Waals surface area contributed by atoms with Crippen LogP contribution in [0, 0.1) is 5.82 Å². The predicted molar refractivity (Wildman–Crippen MR) is 94.2 cm³/mol. The summed E-state index contributed by atoms with van der Waals surface area (Å²) in [6, 6.07) is 11.9. The van der Waals surface area contributed by atoms with Crippen LogP contribution < -0.4 is 4.74 Å². The van der Waals surface area contributed by atoms with Crippen molar-refractivity contribution in [3.05, 3.63) is 70.1 Å². The normalized spacial score (nSPS) is 15.2. The van der Waals surface area contributed by atoms with Crippen molar-refractivity contribution in [3.63, 3.8) is 0 Å². The minimum absolute atomic E-state index is 0.138. The molecule has 0 amide bonds. The van der Waals surface area contributed by atoms with Crippen LogP contribution in [0.25, 0.3) is 6.08 Å². The molecule has 0 aromatic heterocycles. The largest absolute Gasteiger partial charge is 0.494 e. The highest BCUT2D eigenvalue weighted by Crippen LogP contribution is 2.23. The number of hydrogen-bond donors (Lipinski definition) is 0. The Labute approximate surface area is 149 Å². The van der Waals surface area contributed by atoms with Crippen LogP contribution in [0.3, 0.4) is 0 Å². The van der Waals surface area contributed by atoms with E-state index in [1.54, 1.807) is 6.07 Å². The third kappa shape index (κ3) is 4.06. The fourth-order valence-electron chi connectivity index (χ4n) is 2.43. The average Bonchev–Trinajstić information content (AvgIpc) is 2.94. The summed E-state index contributed by atoms with van der Waals surface area (Å²) in [5, 5.41) is 0.664. The summed E-state index contributed by atoms with van der Waals surface area (Å²) < 4.78 is 23.8. The van der Waals surface area contributed by atoms with Gasteiger partial charge in [-0.05, 0) is 41.8 Å². The van der Waals surface area contributed by atoms with Crippen LogP contribution in [-0.4, -0.2) is 19.0 Å². The Balaban J connectivity index is 1.73. The Hall–Kier alpha value is -2.66. The van der Waals surface area contributed by atoms with Crippen LogP contribution in [0.1, 0.15) is 17.5 Å². The summed E-state index contributed by atoms with van der Waals surface area (Å²) in [6.45, 7) is 0. The van der Waals surface area contributed by atoms with E-state index < -0.39 is 11.8 Å². The van der Waals surface area contributed by atoms with Crippen LogP contribution in [0.2, 0.25) is 5.02 Å². The molecule has 128 valence electrons. The molecule has 0 saturated carbocycles. The molecule has 0 N–H and O–H groups in total. The zero-order valence-electron chi connectivity index (χ0n) is 13.5. The number of aliphatic imine (C=N–C) groups is 1. The molecule has 0 spiro atoms. The van der Waals surface area contributed by atoms with Gasteiger partial charge in [0.25, 0.3) is 0 Å². The summed E-state index contributed by atoms with van der Waals surface area (Å²) in [5.41, 5.74) is 1.60. The summed E-state index contributed by atoms with van der Waals surface area (Å²) in [6.07, 6.45) is 2.54. The van der Waals surface area contributed by atoms with Crippen LogP contribution >= 0.6 is 11.6 Å². The van der Waals surface area contributed by atoms with Crippen molar-refractivity contribution in [2.45, 2.75) is 12.8 Å². The summed E-state index contributed by atoms with van der Waals surface area (Å²) in [7, 11) is 1.39. The van der Waals surface area contributed by atoms with Gasteiger partial charge in [-0.25, -0.2) is 14.2 Å². The van der Waals surface area contributed by atoms with Crippen LogP contribution in [-0.2, 0) is 16.0 Å². The van der Waals surface area contributed by atoms with Crippen molar-refractivity contribution in [1.29, 1.82) is 0 Å². The molecular weight excluding hydrogens is 345 g/mol. The number of carbonyl (C=O) groups is 1. The highest BCUT2D eigenvalue weighted by molar-refractivity contribution is 6.31. The first-order chi connectivity index (χ1) is 12.1. The van der Waals surface area contributed by atoms with E-state index >= 15 is 0 Å². The lowest BCUT2D eigenvalue weighted by Crippen LogP contribution is -2.05. The molecule has 1 aliphatic rings. The number of hydrogen-bond acceptors (Lipinski definition) is 4. The van der Waals surface area contributed by atoms with Crippen LogP contribution in [0.5, 0.6) is 5.75 Å². The van der Waals surface area contributed by atoms with Gasteiger partial charge in [0, 0.05) is 11.4 Å². The molecule has 0 saturated heterocycles. The van der Waals surface area contributed by atoms with E-state index in [2.05, 4.69) is 4.99 Å². The third-order valence-corrected chi connectivity index (χ3v) is 4.08.